The van der Waals surface area contributed by atoms with E-state index in [2.05, 4.69) is 18.6 Å². The maximum Gasteiger partial charge on any atom is 0.311 e. The van der Waals surface area contributed by atoms with Crippen LogP contribution in [0, 0.1) is 5.92 Å². The second-order valence-electron chi connectivity index (χ2n) is 5.92. The molecule has 0 radical (unpaired) electrons. The molecule has 1 heterocycles. The van der Waals surface area contributed by atoms with Crippen LogP contribution in [0.2, 0.25) is 0 Å². The van der Waals surface area contributed by atoms with Crippen LogP contribution in [0.3, 0.4) is 0 Å². The zero-order valence-corrected chi connectivity index (χ0v) is 15.0. The molecule has 1 aliphatic rings. The summed E-state index contributed by atoms with van der Waals surface area (Å²) >= 11 is 0. The lowest BCUT2D eigenvalue weighted by atomic mass is 10.0. The lowest BCUT2D eigenvalue weighted by molar-refractivity contribution is -0.145. The maximum atomic E-state index is 12.5. The molecule has 0 saturated carbocycles. The Kier molecular flexibility index (Phi) is 7.75. The molecule has 23 heavy (non-hydrogen) atoms. The molecule has 0 aromatic rings. The van der Waals surface area contributed by atoms with E-state index in [1.807, 2.05) is 0 Å². The molecule has 132 valence electrons. The van der Waals surface area contributed by atoms with Crippen molar-refractivity contribution in [2.75, 3.05) is 31.7 Å². The van der Waals surface area contributed by atoms with Crippen molar-refractivity contribution in [1.82, 2.24) is 4.90 Å². The van der Waals surface area contributed by atoms with E-state index in [4.69, 9.17) is 0 Å². The molecule has 6 nitrogen and oxygen atoms in total. The molecule has 0 spiro atoms. The lowest BCUT2D eigenvalue weighted by Crippen LogP contribution is -2.37. The van der Waals surface area contributed by atoms with Gasteiger partial charge in [-0.2, -0.15) is 0 Å². The Balaban J connectivity index is 2.94. The van der Waals surface area contributed by atoms with Gasteiger partial charge in [0.2, 0.25) is 5.91 Å². The first-order valence-electron chi connectivity index (χ1n) is 8.09. The monoisotopic (exact) mass is 345 g/mol. The predicted octanol–water partition coefficient (Wildman–Crippen LogP) is 1.56. The van der Waals surface area contributed by atoms with Gasteiger partial charge in [-0.25, -0.2) is 8.42 Å². The number of sulfone groups is 1. The lowest BCUT2D eigenvalue weighted by Gasteiger charge is -2.22. The van der Waals surface area contributed by atoms with Crippen LogP contribution in [0.25, 0.3) is 0 Å². The van der Waals surface area contributed by atoms with E-state index >= 15 is 0 Å². The SMILES string of the molecule is CCCC(=CC(=O)N1CCS(=O)(=O)C[C@@H](C(=O)OC)C1)CCC. The highest BCUT2D eigenvalue weighted by Gasteiger charge is 2.33. The van der Waals surface area contributed by atoms with E-state index in [1.54, 1.807) is 6.08 Å². The number of hydrogen-bond donors (Lipinski definition) is 0. The first-order valence-corrected chi connectivity index (χ1v) is 9.91. The molecule has 1 amide bonds. The third kappa shape index (κ3) is 6.33. The van der Waals surface area contributed by atoms with E-state index in [0.29, 0.717) is 0 Å². The fraction of sp³-hybridized carbons (Fsp3) is 0.750. The normalized spacial score (nSPS) is 20.5. The smallest absolute Gasteiger partial charge is 0.311 e. The second-order valence-corrected chi connectivity index (χ2v) is 8.15. The van der Waals surface area contributed by atoms with Gasteiger partial charge in [0.15, 0.2) is 9.84 Å². The number of allylic oxidation sites excluding steroid dienone is 1. The molecular formula is C16H27NO5S. The number of methoxy groups -OCH3 is 1. The molecule has 1 rings (SSSR count). The van der Waals surface area contributed by atoms with Crippen molar-refractivity contribution in [3.63, 3.8) is 0 Å². The quantitative estimate of drug-likeness (QED) is 0.539. The molecule has 1 atom stereocenters. The third-order valence-corrected chi connectivity index (χ3v) is 5.60. The number of hydrogen-bond acceptors (Lipinski definition) is 5. The summed E-state index contributed by atoms with van der Waals surface area (Å²) in [5.74, 6) is -1.99. The minimum atomic E-state index is -3.35. The van der Waals surface area contributed by atoms with Crippen molar-refractivity contribution in [2.45, 2.75) is 39.5 Å². The van der Waals surface area contributed by atoms with Crippen LogP contribution >= 0.6 is 0 Å². The van der Waals surface area contributed by atoms with Gasteiger partial charge in [-0.3, -0.25) is 9.59 Å². The molecule has 0 N–H and O–H groups in total. The molecule has 0 aliphatic carbocycles. The van der Waals surface area contributed by atoms with Gasteiger partial charge in [0.25, 0.3) is 0 Å². The summed E-state index contributed by atoms with van der Waals surface area (Å²) in [7, 11) is -2.13. The number of ether oxygens (including phenoxy) is 1. The average molecular weight is 345 g/mol. The molecule has 0 aromatic heterocycles. The molecule has 1 saturated heterocycles. The van der Waals surface area contributed by atoms with E-state index < -0.39 is 21.7 Å². The standard InChI is InChI=1S/C16H27NO5S/c1-4-6-13(7-5-2)10-15(18)17-8-9-23(20,21)12-14(11-17)16(19)22-3/h10,14H,4-9,11-12H2,1-3H3/t14-/m0/s1. The van der Waals surface area contributed by atoms with E-state index in [-0.39, 0.29) is 30.5 Å². The molecule has 0 unspecified atom stereocenters. The topological polar surface area (TPSA) is 80.8 Å². The summed E-state index contributed by atoms with van der Waals surface area (Å²) in [6.45, 7) is 4.32. The third-order valence-electron chi connectivity index (χ3n) is 3.88. The van der Waals surface area contributed by atoms with Gasteiger partial charge in [0.05, 0.1) is 24.5 Å². The summed E-state index contributed by atoms with van der Waals surface area (Å²) in [5, 5.41) is 0. The van der Waals surface area contributed by atoms with Crippen LogP contribution in [0.4, 0.5) is 0 Å². The summed E-state index contributed by atoms with van der Waals surface area (Å²) < 4.78 is 28.5. The summed E-state index contributed by atoms with van der Waals surface area (Å²) in [6.07, 6.45) is 5.23. The minimum Gasteiger partial charge on any atom is -0.469 e. The Morgan fingerprint density at radius 3 is 2.35 bits per heavy atom. The second kappa shape index (κ2) is 9.05. The Morgan fingerprint density at radius 1 is 1.22 bits per heavy atom. The van der Waals surface area contributed by atoms with Crippen molar-refractivity contribution < 1.29 is 22.7 Å². The molecule has 7 heteroatoms. The fourth-order valence-electron chi connectivity index (χ4n) is 2.74. The van der Waals surface area contributed by atoms with Gasteiger partial charge >= 0.3 is 5.97 Å². The van der Waals surface area contributed by atoms with Crippen LogP contribution in [0.1, 0.15) is 39.5 Å². The van der Waals surface area contributed by atoms with Crippen LogP contribution in [0.5, 0.6) is 0 Å². The summed E-state index contributed by atoms with van der Waals surface area (Å²) in [4.78, 5) is 25.7. The van der Waals surface area contributed by atoms with Gasteiger partial charge in [-0.1, -0.05) is 32.3 Å². The molecular weight excluding hydrogens is 318 g/mol. The highest BCUT2D eigenvalue weighted by molar-refractivity contribution is 7.91. The number of rotatable bonds is 6. The van der Waals surface area contributed by atoms with E-state index in [1.165, 1.54) is 12.0 Å². The first kappa shape index (κ1) is 19.7. The van der Waals surface area contributed by atoms with Crippen LogP contribution in [-0.4, -0.2) is 56.9 Å². The molecule has 0 aromatic carbocycles. The number of carbonyl (C=O) groups is 2. The van der Waals surface area contributed by atoms with Crippen molar-refractivity contribution >= 4 is 21.7 Å². The van der Waals surface area contributed by atoms with Gasteiger partial charge in [0.1, 0.15) is 0 Å². The maximum absolute atomic E-state index is 12.5. The first-order chi connectivity index (χ1) is 10.8. The van der Waals surface area contributed by atoms with Gasteiger partial charge in [0, 0.05) is 19.2 Å². The van der Waals surface area contributed by atoms with Crippen molar-refractivity contribution in [1.29, 1.82) is 0 Å². The highest BCUT2D eigenvalue weighted by atomic mass is 32.2. The molecule has 0 bridgehead atoms. The van der Waals surface area contributed by atoms with Crippen LogP contribution < -0.4 is 0 Å². The van der Waals surface area contributed by atoms with Gasteiger partial charge in [-0.05, 0) is 12.8 Å². The minimum absolute atomic E-state index is 0.0900. The summed E-state index contributed by atoms with van der Waals surface area (Å²) in [6, 6.07) is 0. The largest absolute Gasteiger partial charge is 0.469 e. The molecule has 1 aliphatic heterocycles. The van der Waals surface area contributed by atoms with E-state index in [0.717, 1.165) is 31.3 Å². The van der Waals surface area contributed by atoms with Crippen molar-refractivity contribution in [3.8, 4) is 0 Å². The van der Waals surface area contributed by atoms with E-state index in [9.17, 15) is 18.0 Å². The van der Waals surface area contributed by atoms with Gasteiger partial charge in [-0.15, -0.1) is 0 Å². The van der Waals surface area contributed by atoms with Crippen molar-refractivity contribution in [3.05, 3.63) is 11.6 Å². The highest BCUT2D eigenvalue weighted by Crippen LogP contribution is 2.16. The Morgan fingerprint density at radius 2 is 1.83 bits per heavy atom. The van der Waals surface area contributed by atoms with Crippen molar-refractivity contribution in [2.24, 2.45) is 5.92 Å². The number of esters is 1. The van der Waals surface area contributed by atoms with Crippen LogP contribution in [-0.2, 0) is 24.2 Å². The average Bonchev–Trinajstić information content (AvgIpc) is 2.65. The zero-order valence-electron chi connectivity index (χ0n) is 14.2. The zero-order chi connectivity index (χ0) is 17.5. The summed E-state index contributed by atoms with van der Waals surface area (Å²) in [5.41, 5.74) is 1.07. The Hall–Kier alpha value is -1.37. The number of carbonyl (C=O) groups excluding carboxylic acids is 2. The van der Waals surface area contributed by atoms with Gasteiger partial charge < -0.3 is 9.64 Å². The number of amides is 1. The Bertz CT molecular complexity index is 545. The number of nitrogens with zero attached hydrogens (tertiary/aromatic N) is 1. The molecule has 1 fully saturated rings. The van der Waals surface area contributed by atoms with Crippen LogP contribution in [0.15, 0.2) is 11.6 Å². The predicted molar refractivity (Wildman–Crippen MR) is 88.6 cm³/mol. The Labute approximate surface area is 138 Å². The fourth-order valence-corrected chi connectivity index (χ4v) is 4.26.